The Hall–Kier alpha value is -4.14. The van der Waals surface area contributed by atoms with Gasteiger partial charge in [-0.2, -0.15) is 0 Å². The van der Waals surface area contributed by atoms with Gasteiger partial charge in [-0.1, -0.05) is 24.3 Å². The highest BCUT2D eigenvalue weighted by molar-refractivity contribution is 5.99. The molecule has 4 rings (SSSR count). The second kappa shape index (κ2) is 6.54. The fourth-order valence-electron chi connectivity index (χ4n) is 2.95. The molecular formula is C19H14N4O5. The van der Waals surface area contributed by atoms with E-state index in [1.165, 1.54) is 23.8 Å². The summed E-state index contributed by atoms with van der Waals surface area (Å²) in [5.74, 6) is -0.861. The number of carboxylic acid groups (broad SMARTS) is 1. The number of nitrogens with zero attached hydrogens (tertiary/aromatic N) is 3. The molecule has 2 aromatic heterocycles. The predicted molar refractivity (Wildman–Crippen MR) is 100 cm³/mol. The van der Waals surface area contributed by atoms with Crippen LogP contribution in [0.5, 0.6) is 11.5 Å². The van der Waals surface area contributed by atoms with Crippen LogP contribution in [0.3, 0.4) is 0 Å². The maximum absolute atomic E-state index is 12.6. The molecule has 0 radical (unpaired) electrons. The van der Waals surface area contributed by atoms with Gasteiger partial charge in [0.05, 0.1) is 12.8 Å². The molecule has 0 amide bonds. The van der Waals surface area contributed by atoms with Crippen LogP contribution in [0.15, 0.2) is 53.3 Å². The number of phenolic OH excluding ortho intramolecular Hbond substituents is 1. The zero-order chi connectivity index (χ0) is 19.8. The Morgan fingerprint density at radius 3 is 2.64 bits per heavy atom. The first-order chi connectivity index (χ1) is 13.5. The molecule has 28 heavy (non-hydrogen) atoms. The molecule has 2 heterocycles. The summed E-state index contributed by atoms with van der Waals surface area (Å²) in [6.07, 6.45) is 0. The molecule has 0 saturated heterocycles. The number of carbonyl (C=O) groups is 1. The Morgan fingerprint density at radius 1 is 1.14 bits per heavy atom. The van der Waals surface area contributed by atoms with Crippen molar-refractivity contribution < 1.29 is 19.7 Å². The number of nitrogens with one attached hydrogen (secondary N) is 1. The highest BCUT2D eigenvalue weighted by Gasteiger charge is 2.22. The molecule has 9 heteroatoms. The van der Waals surface area contributed by atoms with Crippen LogP contribution in [-0.2, 0) is 0 Å². The molecule has 0 spiro atoms. The molecule has 0 aliphatic heterocycles. The van der Waals surface area contributed by atoms with Crippen molar-refractivity contribution in [1.29, 1.82) is 0 Å². The zero-order valence-electron chi connectivity index (χ0n) is 14.6. The summed E-state index contributed by atoms with van der Waals surface area (Å²) >= 11 is 0. The number of imidazole rings is 1. The number of aromatic hydroxyl groups is 1. The first kappa shape index (κ1) is 17.3. The summed E-state index contributed by atoms with van der Waals surface area (Å²) in [6, 6.07) is 12.9. The molecule has 0 unspecified atom stereocenters. The lowest BCUT2D eigenvalue weighted by Gasteiger charge is -2.09. The SMILES string of the molecule is COc1ccccc1-n1c(=O)[nH]c2c(C(=O)O)nc(-c3cccc(O)c3)nc21. The largest absolute Gasteiger partial charge is 0.508 e. The van der Waals surface area contributed by atoms with Gasteiger partial charge >= 0.3 is 11.7 Å². The molecule has 2 aromatic carbocycles. The van der Waals surface area contributed by atoms with Crippen molar-refractivity contribution in [3.63, 3.8) is 0 Å². The van der Waals surface area contributed by atoms with Gasteiger partial charge in [0.25, 0.3) is 0 Å². The highest BCUT2D eigenvalue weighted by Crippen LogP contribution is 2.27. The van der Waals surface area contributed by atoms with Crippen LogP contribution in [0.4, 0.5) is 0 Å². The van der Waals surface area contributed by atoms with Crippen molar-refractivity contribution in [3.05, 3.63) is 64.7 Å². The number of aromatic carboxylic acids is 1. The van der Waals surface area contributed by atoms with Crippen LogP contribution in [0.25, 0.3) is 28.2 Å². The average Bonchev–Trinajstić information content (AvgIpc) is 3.02. The average molecular weight is 378 g/mol. The molecule has 3 N–H and O–H groups in total. The normalized spacial score (nSPS) is 10.9. The minimum absolute atomic E-state index is 0.00712. The number of hydrogen-bond acceptors (Lipinski definition) is 6. The van der Waals surface area contributed by atoms with E-state index in [2.05, 4.69) is 15.0 Å². The van der Waals surface area contributed by atoms with Gasteiger partial charge in [-0.25, -0.2) is 24.1 Å². The Morgan fingerprint density at radius 2 is 1.93 bits per heavy atom. The molecule has 9 nitrogen and oxygen atoms in total. The van der Waals surface area contributed by atoms with E-state index in [0.717, 1.165) is 0 Å². The van der Waals surface area contributed by atoms with Gasteiger partial charge in [-0.3, -0.25) is 0 Å². The maximum atomic E-state index is 12.6. The maximum Gasteiger partial charge on any atom is 0.356 e. The second-order valence-corrected chi connectivity index (χ2v) is 5.89. The summed E-state index contributed by atoms with van der Waals surface area (Å²) in [5, 5.41) is 19.3. The first-order valence-electron chi connectivity index (χ1n) is 8.18. The molecule has 0 aliphatic carbocycles. The van der Waals surface area contributed by atoms with Gasteiger partial charge in [0.2, 0.25) is 0 Å². The van der Waals surface area contributed by atoms with Crippen molar-refractivity contribution in [3.8, 4) is 28.6 Å². The van der Waals surface area contributed by atoms with Gasteiger partial charge in [0, 0.05) is 5.56 Å². The topological polar surface area (TPSA) is 130 Å². The third-order valence-corrected chi connectivity index (χ3v) is 4.17. The van der Waals surface area contributed by atoms with Crippen molar-refractivity contribution in [1.82, 2.24) is 19.5 Å². The van der Waals surface area contributed by atoms with E-state index in [1.54, 1.807) is 36.4 Å². The third kappa shape index (κ3) is 2.75. The summed E-state index contributed by atoms with van der Waals surface area (Å²) in [6.45, 7) is 0. The quantitative estimate of drug-likeness (QED) is 0.496. The number of phenols is 1. The van der Waals surface area contributed by atoms with E-state index in [-0.39, 0.29) is 28.4 Å². The summed E-state index contributed by atoms with van der Waals surface area (Å²) in [7, 11) is 1.47. The molecule has 4 aromatic rings. The van der Waals surface area contributed by atoms with Crippen molar-refractivity contribution in [2.75, 3.05) is 7.11 Å². The number of rotatable bonds is 4. The number of fused-ring (bicyclic) bond motifs is 1. The van der Waals surface area contributed by atoms with Crippen LogP contribution in [-0.4, -0.2) is 42.8 Å². The lowest BCUT2D eigenvalue weighted by Crippen LogP contribution is -2.15. The van der Waals surface area contributed by atoms with Crippen LogP contribution >= 0.6 is 0 Å². The van der Waals surface area contributed by atoms with Gasteiger partial charge < -0.3 is 19.9 Å². The molecule has 0 bridgehead atoms. The predicted octanol–water partition coefficient (Wildman–Crippen LogP) is 2.19. The number of hydrogen-bond donors (Lipinski definition) is 3. The van der Waals surface area contributed by atoms with E-state index < -0.39 is 11.7 Å². The van der Waals surface area contributed by atoms with Gasteiger partial charge in [0.1, 0.15) is 17.0 Å². The lowest BCUT2D eigenvalue weighted by molar-refractivity contribution is 0.0692. The standard InChI is InChI=1S/C19H14N4O5/c1-28-13-8-3-2-7-12(13)23-17-14(21-19(23)27)15(18(25)26)20-16(22-17)10-5-4-6-11(24)9-10/h2-9,24H,1H3,(H,21,27)(H,25,26). The molecule has 0 fully saturated rings. The number of aromatic nitrogens is 4. The Kier molecular flexibility index (Phi) is 4.04. The number of methoxy groups -OCH3 is 1. The zero-order valence-corrected chi connectivity index (χ0v) is 14.6. The van der Waals surface area contributed by atoms with E-state index in [4.69, 9.17) is 4.74 Å². The van der Waals surface area contributed by atoms with Gasteiger partial charge in [-0.15, -0.1) is 0 Å². The van der Waals surface area contributed by atoms with Crippen LogP contribution in [0.1, 0.15) is 10.5 Å². The van der Waals surface area contributed by atoms with Crippen LogP contribution in [0, 0.1) is 0 Å². The summed E-state index contributed by atoms with van der Waals surface area (Å²) in [5.41, 5.74) is -0.0474. The molecule has 0 atom stereocenters. The van der Waals surface area contributed by atoms with Crippen LogP contribution < -0.4 is 10.4 Å². The Labute approximate surface area is 157 Å². The van der Waals surface area contributed by atoms with E-state index in [9.17, 15) is 19.8 Å². The van der Waals surface area contributed by atoms with Gasteiger partial charge in [0.15, 0.2) is 17.2 Å². The minimum Gasteiger partial charge on any atom is -0.508 e. The van der Waals surface area contributed by atoms with E-state index in [0.29, 0.717) is 17.0 Å². The molecular weight excluding hydrogens is 364 g/mol. The first-order valence-corrected chi connectivity index (χ1v) is 8.18. The Balaban J connectivity index is 2.09. The van der Waals surface area contributed by atoms with E-state index in [1.807, 2.05) is 0 Å². The number of H-pyrrole nitrogens is 1. The number of para-hydroxylation sites is 2. The summed E-state index contributed by atoms with van der Waals surface area (Å²) in [4.78, 5) is 35.4. The number of carboxylic acids is 1. The highest BCUT2D eigenvalue weighted by atomic mass is 16.5. The summed E-state index contributed by atoms with van der Waals surface area (Å²) < 4.78 is 6.55. The number of benzene rings is 2. The van der Waals surface area contributed by atoms with Gasteiger partial charge in [-0.05, 0) is 24.3 Å². The van der Waals surface area contributed by atoms with E-state index >= 15 is 0 Å². The number of aromatic amines is 1. The third-order valence-electron chi connectivity index (χ3n) is 4.17. The van der Waals surface area contributed by atoms with Crippen LogP contribution in [0.2, 0.25) is 0 Å². The number of ether oxygens (including phenoxy) is 1. The minimum atomic E-state index is -1.32. The second-order valence-electron chi connectivity index (χ2n) is 5.89. The monoisotopic (exact) mass is 378 g/mol. The van der Waals surface area contributed by atoms with Crippen molar-refractivity contribution in [2.24, 2.45) is 0 Å². The van der Waals surface area contributed by atoms with Crippen molar-refractivity contribution in [2.45, 2.75) is 0 Å². The molecule has 0 aliphatic rings. The fraction of sp³-hybridized carbons (Fsp3) is 0.0526. The molecule has 0 saturated carbocycles. The molecule has 140 valence electrons. The fourth-order valence-corrected chi connectivity index (χ4v) is 2.95. The lowest BCUT2D eigenvalue weighted by atomic mass is 10.2. The Bertz CT molecular complexity index is 1280. The van der Waals surface area contributed by atoms with Crippen molar-refractivity contribution >= 4 is 17.1 Å². The smallest absolute Gasteiger partial charge is 0.356 e.